The van der Waals surface area contributed by atoms with Crippen molar-refractivity contribution in [1.29, 1.82) is 0 Å². The number of rotatable bonds is 3. The van der Waals surface area contributed by atoms with E-state index in [0.29, 0.717) is 0 Å². The highest BCUT2D eigenvalue weighted by molar-refractivity contribution is 8.00. The minimum absolute atomic E-state index is 0.828. The van der Waals surface area contributed by atoms with Crippen LogP contribution < -0.4 is 5.73 Å². The van der Waals surface area contributed by atoms with Crippen LogP contribution >= 0.6 is 11.8 Å². The van der Waals surface area contributed by atoms with Gasteiger partial charge >= 0.3 is 0 Å². The molecule has 2 rings (SSSR count). The summed E-state index contributed by atoms with van der Waals surface area (Å²) in [7, 11) is 0. The van der Waals surface area contributed by atoms with E-state index in [9.17, 15) is 0 Å². The lowest BCUT2D eigenvalue weighted by Crippen LogP contribution is -2.30. The Kier molecular flexibility index (Phi) is 4.18. The van der Waals surface area contributed by atoms with Crippen molar-refractivity contribution in [2.45, 2.75) is 61.9 Å². The standard InChI is InChI=1S/C12H23NS/c13-9-10-5-1-4-8-12(10)14-11-6-2-3-7-11/h10-12H,1-9,13H2. The normalized spacial score (nSPS) is 34.9. The molecule has 2 heteroatoms. The minimum atomic E-state index is 0.828. The third kappa shape index (κ3) is 2.66. The van der Waals surface area contributed by atoms with Gasteiger partial charge in [0.15, 0.2) is 0 Å². The molecule has 0 aromatic carbocycles. The van der Waals surface area contributed by atoms with Gasteiger partial charge in [0, 0.05) is 10.5 Å². The van der Waals surface area contributed by atoms with Gasteiger partial charge in [-0.3, -0.25) is 0 Å². The van der Waals surface area contributed by atoms with Crippen molar-refractivity contribution in [3.8, 4) is 0 Å². The Morgan fingerprint density at radius 3 is 2.29 bits per heavy atom. The zero-order chi connectivity index (χ0) is 9.80. The van der Waals surface area contributed by atoms with Crippen LogP contribution in [0.5, 0.6) is 0 Å². The second kappa shape index (κ2) is 5.41. The van der Waals surface area contributed by atoms with E-state index in [1.54, 1.807) is 0 Å². The molecule has 0 amide bonds. The maximum atomic E-state index is 5.85. The van der Waals surface area contributed by atoms with Gasteiger partial charge in [-0.2, -0.15) is 11.8 Å². The molecule has 0 saturated heterocycles. The lowest BCUT2D eigenvalue weighted by Gasteiger charge is -2.32. The fourth-order valence-electron chi connectivity index (χ4n) is 2.89. The third-order valence-electron chi connectivity index (χ3n) is 3.81. The monoisotopic (exact) mass is 213 g/mol. The van der Waals surface area contributed by atoms with E-state index >= 15 is 0 Å². The van der Waals surface area contributed by atoms with Gasteiger partial charge in [-0.1, -0.05) is 25.7 Å². The number of hydrogen-bond acceptors (Lipinski definition) is 2. The Morgan fingerprint density at radius 2 is 1.57 bits per heavy atom. The zero-order valence-electron chi connectivity index (χ0n) is 9.08. The van der Waals surface area contributed by atoms with Crippen LogP contribution in [0, 0.1) is 5.92 Å². The predicted octanol–water partition coefficient (Wildman–Crippen LogP) is 3.18. The van der Waals surface area contributed by atoms with Gasteiger partial charge in [0.2, 0.25) is 0 Å². The van der Waals surface area contributed by atoms with E-state index in [2.05, 4.69) is 11.8 Å². The molecule has 2 N–H and O–H groups in total. The second-order valence-electron chi connectivity index (χ2n) is 4.86. The SMILES string of the molecule is NCC1CCCCC1SC1CCCC1. The van der Waals surface area contributed by atoms with E-state index in [-0.39, 0.29) is 0 Å². The van der Waals surface area contributed by atoms with Crippen molar-refractivity contribution in [3.05, 3.63) is 0 Å². The Labute approximate surface area is 92.2 Å². The highest BCUT2D eigenvalue weighted by Gasteiger charge is 2.28. The highest BCUT2D eigenvalue weighted by atomic mass is 32.2. The third-order valence-corrected chi connectivity index (χ3v) is 5.64. The molecule has 82 valence electrons. The summed E-state index contributed by atoms with van der Waals surface area (Å²) in [5, 5.41) is 1.88. The lowest BCUT2D eigenvalue weighted by atomic mass is 9.89. The first kappa shape index (κ1) is 10.8. The van der Waals surface area contributed by atoms with Crippen LogP contribution in [0.25, 0.3) is 0 Å². The van der Waals surface area contributed by atoms with E-state index in [0.717, 1.165) is 23.0 Å². The van der Waals surface area contributed by atoms with E-state index in [4.69, 9.17) is 5.73 Å². The molecule has 0 aliphatic heterocycles. The summed E-state index contributed by atoms with van der Waals surface area (Å²) in [5.74, 6) is 0.828. The predicted molar refractivity (Wildman–Crippen MR) is 64.6 cm³/mol. The van der Waals surface area contributed by atoms with Gasteiger partial charge in [-0.15, -0.1) is 0 Å². The van der Waals surface area contributed by atoms with Crippen molar-refractivity contribution in [2.24, 2.45) is 11.7 Å². The molecular formula is C12H23NS. The molecule has 2 aliphatic carbocycles. The fourth-order valence-corrected chi connectivity index (χ4v) is 4.77. The van der Waals surface area contributed by atoms with Crippen molar-refractivity contribution in [2.75, 3.05) is 6.54 Å². The Hall–Kier alpha value is 0.310. The van der Waals surface area contributed by atoms with Gasteiger partial charge in [-0.25, -0.2) is 0 Å². The maximum absolute atomic E-state index is 5.85. The van der Waals surface area contributed by atoms with Crippen molar-refractivity contribution < 1.29 is 0 Å². The molecule has 0 aromatic heterocycles. The van der Waals surface area contributed by atoms with Crippen LogP contribution in [0.3, 0.4) is 0 Å². The summed E-state index contributed by atoms with van der Waals surface area (Å²) in [5.41, 5.74) is 5.85. The summed E-state index contributed by atoms with van der Waals surface area (Å²) in [6, 6.07) is 0. The minimum Gasteiger partial charge on any atom is -0.330 e. The van der Waals surface area contributed by atoms with Crippen LogP contribution in [0.2, 0.25) is 0 Å². The Morgan fingerprint density at radius 1 is 0.929 bits per heavy atom. The van der Waals surface area contributed by atoms with Gasteiger partial charge in [-0.05, 0) is 38.1 Å². The fraction of sp³-hybridized carbons (Fsp3) is 1.00. The summed E-state index contributed by atoms with van der Waals surface area (Å²) in [4.78, 5) is 0. The van der Waals surface area contributed by atoms with Crippen LogP contribution in [0.4, 0.5) is 0 Å². The summed E-state index contributed by atoms with van der Waals surface area (Å²) in [6.45, 7) is 0.921. The molecule has 1 nitrogen and oxygen atoms in total. The van der Waals surface area contributed by atoms with Crippen molar-refractivity contribution in [3.63, 3.8) is 0 Å². The Balaban J connectivity index is 1.81. The molecule has 0 radical (unpaired) electrons. The largest absolute Gasteiger partial charge is 0.330 e. The number of nitrogens with two attached hydrogens (primary N) is 1. The van der Waals surface area contributed by atoms with E-state index in [1.165, 1.54) is 51.4 Å². The molecule has 2 fully saturated rings. The average molecular weight is 213 g/mol. The van der Waals surface area contributed by atoms with E-state index in [1.807, 2.05) is 0 Å². The molecule has 2 saturated carbocycles. The van der Waals surface area contributed by atoms with Crippen molar-refractivity contribution >= 4 is 11.8 Å². The molecule has 0 aromatic rings. The van der Waals surface area contributed by atoms with Crippen LogP contribution in [0.15, 0.2) is 0 Å². The first-order chi connectivity index (χ1) is 6.90. The summed E-state index contributed by atoms with van der Waals surface area (Å²) < 4.78 is 0. The van der Waals surface area contributed by atoms with Crippen LogP contribution in [-0.2, 0) is 0 Å². The second-order valence-corrected chi connectivity index (χ2v) is 6.41. The van der Waals surface area contributed by atoms with Gasteiger partial charge < -0.3 is 5.73 Å². The van der Waals surface area contributed by atoms with Gasteiger partial charge in [0.25, 0.3) is 0 Å². The van der Waals surface area contributed by atoms with E-state index < -0.39 is 0 Å². The summed E-state index contributed by atoms with van der Waals surface area (Å²) in [6.07, 6.45) is 11.6. The number of hydrogen-bond donors (Lipinski definition) is 1. The molecule has 0 spiro atoms. The topological polar surface area (TPSA) is 26.0 Å². The molecule has 2 atom stereocenters. The van der Waals surface area contributed by atoms with Crippen molar-refractivity contribution in [1.82, 2.24) is 0 Å². The summed E-state index contributed by atoms with van der Waals surface area (Å²) >= 11 is 2.28. The first-order valence-corrected chi connectivity index (χ1v) is 7.20. The molecule has 2 aliphatic rings. The molecule has 2 unspecified atom stereocenters. The van der Waals surface area contributed by atoms with Crippen LogP contribution in [0.1, 0.15) is 51.4 Å². The molecule has 0 bridgehead atoms. The number of thioether (sulfide) groups is 1. The quantitative estimate of drug-likeness (QED) is 0.779. The Bertz CT molecular complexity index is 166. The van der Waals surface area contributed by atoms with Crippen LogP contribution in [-0.4, -0.2) is 17.0 Å². The van der Waals surface area contributed by atoms with Gasteiger partial charge in [0.1, 0.15) is 0 Å². The maximum Gasteiger partial charge on any atom is 0.00901 e. The molecular weight excluding hydrogens is 190 g/mol. The zero-order valence-corrected chi connectivity index (χ0v) is 9.90. The lowest BCUT2D eigenvalue weighted by molar-refractivity contribution is 0.377. The molecule has 14 heavy (non-hydrogen) atoms. The van der Waals surface area contributed by atoms with Gasteiger partial charge in [0.05, 0.1) is 0 Å². The molecule has 0 heterocycles. The highest BCUT2D eigenvalue weighted by Crippen LogP contribution is 2.40. The smallest absolute Gasteiger partial charge is 0.00901 e. The average Bonchev–Trinajstić information content (AvgIpc) is 2.71. The first-order valence-electron chi connectivity index (χ1n) is 6.25.